The van der Waals surface area contributed by atoms with Crippen LogP contribution in [0, 0.1) is 11.8 Å². The van der Waals surface area contributed by atoms with Crippen molar-refractivity contribution in [3.8, 4) is 0 Å². The van der Waals surface area contributed by atoms with E-state index in [9.17, 15) is 38.7 Å². The fourth-order valence-corrected chi connectivity index (χ4v) is 6.58. The highest BCUT2D eigenvalue weighted by molar-refractivity contribution is 5.84. The Labute approximate surface area is 378 Å². The van der Waals surface area contributed by atoms with Gasteiger partial charge in [-0.1, -0.05) is 90.4 Å². The average molecular weight is 903 g/mol. The van der Waals surface area contributed by atoms with E-state index in [2.05, 4.69) is 10.6 Å². The highest BCUT2D eigenvalue weighted by Gasteiger charge is 2.22. The minimum Gasteiger partial charge on any atom is -0.481 e. The largest absolute Gasteiger partial charge is 0.481 e. The number of Topliss-reactive ketones (excluding diaryl/α,β-unsaturated/α-hetero) is 2. The van der Waals surface area contributed by atoms with Crippen molar-refractivity contribution in [3.63, 3.8) is 0 Å². The summed E-state index contributed by atoms with van der Waals surface area (Å²) in [5.74, 6) is -3.85. The first kappa shape index (κ1) is 61.6. The number of ketones is 2. The van der Waals surface area contributed by atoms with Gasteiger partial charge in [-0.3, -0.25) is 33.6 Å². The number of carbonyl (C=O) groups is 7. The number of hydrogen-bond acceptors (Lipinski definition) is 11. The van der Waals surface area contributed by atoms with Crippen LogP contribution in [0.3, 0.4) is 0 Å². The Bertz CT molecular complexity index is 1180. The third-order valence-electron chi connectivity index (χ3n) is 10.4. The molecule has 0 unspecified atom stereocenters. The van der Waals surface area contributed by atoms with Crippen molar-refractivity contribution in [2.24, 2.45) is 11.8 Å². The minimum atomic E-state index is -0.985. The van der Waals surface area contributed by atoms with E-state index in [0.29, 0.717) is 84.6 Å². The Hall–Kier alpha value is -3.47. The second kappa shape index (κ2) is 46.5. The lowest BCUT2D eigenvalue weighted by molar-refractivity contribution is -0.144. The molecule has 0 radical (unpaired) electrons. The summed E-state index contributed by atoms with van der Waals surface area (Å²) in [7, 11) is 0. The summed E-state index contributed by atoms with van der Waals surface area (Å²) >= 11 is 0. The lowest BCUT2D eigenvalue weighted by atomic mass is 9.93. The van der Waals surface area contributed by atoms with E-state index < -0.39 is 23.8 Å². The Kier molecular flexibility index (Phi) is 45.5. The van der Waals surface area contributed by atoms with Crippen LogP contribution in [-0.4, -0.2) is 123 Å². The molecule has 0 aliphatic heterocycles. The Morgan fingerprint density at radius 2 is 0.921 bits per heavy atom. The number of rotatable bonds is 46. The second-order valence-corrected chi connectivity index (χ2v) is 15.9. The van der Waals surface area contributed by atoms with Crippen LogP contribution < -0.4 is 10.6 Å². The van der Waals surface area contributed by atoms with Crippen molar-refractivity contribution < 1.29 is 67.8 Å². The van der Waals surface area contributed by atoms with Crippen LogP contribution in [0.2, 0.25) is 0 Å². The van der Waals surface area contributed by atoms with E-state index >= 15 is 0 Å². The molecule has 0 rings (SSSR count). The highest BCUT2D eigenvalue weighted by Crippen LogP contribution is 2.18. The first-order valence-electron chi connectivity index (χ1n) is 23.9. The number of unbranched alkanes of at least 4 members (excludes halogenated alkanes) is 14. The summed E-state index contributed by atoms with van der Waals surface area (Å²) in [4.78, 5) is 79.7. The first-order chi connectivity index (χ1) is 30.4. The topological polar surface area (TPSA) is 241 Å². The summed E-state index contributed by atoms with van der Waals surface area (Å²) in [5.41, 5.74) is 0. The summed E-state index contributed by atoms with van der Waals surface area (Å²) in [6.45, 7) is 9.15. The third kappa shape index (κ3) is 46.3. The molecule has 0 bridgehead atoms. The number of hydrogen-bond donors (Lipinski definition) is 5. The SMILES string of the molecule is CCOCC(=O)NCCOCCOCC(=O)NCCCC[C@H](CC)C(=O)O.CCOCCCC(=O)CC[C@H](CC(=O)CCCCCCCCCCCCCCCCC(=O)O)C(=O)O. The molecular weight excluding hydrogens is 817 g/mol. The van der Waals surface area contributed by atoms with Gasteiger partial charge in [-0.2, -0.15) is 0 Å². The van der Waals surface area contributed by atoms with Gasteiger partial charge in [-0.05, 0) is 58.8 Å². The standard InChI is InChI=1S/C29H52O7.C18H34N2O7/c1-2-36-23-17-19-26(30)22-21-25(29(34)35)24-27(31)18-15-13-11-9-7-5-3-4-6-8-10-12-14-16-20-28(32)33;1-3-15(18(23)24)7-5-6-8-19-17(22)14-27-12-11-26-10-9-20-16(21)13-25-4-2/h25H,2-24H2,1H3,(H,32,33)(H,34,35);15H,3-14H2,1-2H3,(H,19,22)(H,20,21)(H,23,24)/t25-;15-/m10/s1. The fraction of sp³-hybridized carbons (Fsp3) is 0.851. The first-order valence-corrected chi connectivity index (χ1v) is 23.9. The predicted octanol–water partition coefficient (Wildman–Crippen LogP) is 7.71. The normalized spacial score (nSPS) is 11.9. The van der Waals surface area contributed by atoms with E-state index in [0.717, 1.165) is 51.4 Å². The molecule has 368 valence electrons. The van der Waals surface area contributed by atoms with E-state index in [1.165, 1.54) is 51.4 Å². The van der Waals surface area contributed by atoms with Gasteiger partial charge < -0.3 is 44.9 Å². The molecule has 16 heteroatoms. The zero-order valence-corrected chi connectivity index (χ0v) is 39.2. The summed E-state index contributed by atoms with van der Waals surface area (Å²) in [5, 5.41) is 32.3. The number of ether oxygens (including phenoxy) is 4. The Morgan fingerprint density at radius 3 is 1.44 bits per heavy atom. The molecule has 0 fully saturated rings. The number of nitrogens with one attached hydrogen (secondary N) is 2. The van der Waals surface area contributed by atoms with Crippen LogP contribution in [0.15, 0.2) is 0 Å². The van der Waals surface area contributed by atoms with Gasteiger partial charge in [0.1, 0.15) is 24.8 Å². The molecular formula is C47H86N2O14. The molecule has 63 heavy (non-hydrogen) atoms. The van der Waals surface area contributed by atoms with E-state index in [1.54, 1.807) is 0 Å². The van der Waals surface area contributed by atoms with Crippen LogP contribution in [0.25, 0.3) is 0 Å². The second-order valence-electron chi connectivity index (χ2n) is 15.9. The number of carbonyl (C=O) groups excluding carboxylic acids is 4. The van der Waals surface area contributed by atoms with Gasteiger partial charge in [-0.25, -0.2) is 0 Å². The molecule has 5 N–H and O–H groups in total. The summed E-state index contributed by atoms with van der Waals surface area (Å²) in [6.07, 6.45) is 20.8. The minimum absolute atomic E-state index is 0.00641. The Morgan fingerprint density at radius 1 is 0.429 bits per heavy atom. The van der Waals surface area contributed by atoms with Crippen molar-refractivity contribution in [2.75, 3.05) is 65.9 Å². The highest BCUT2D eigenvalue weighted by atomic mass is 16.5. The van der Waals surface area contributed by atoms with Crippen LogP contribution in [-0.2, 0) is 52.5 Å². The monoisotopic (exact) mass is 903 g/mol. The van der Waals surface area contributed by atoms with Crippen LogP contribution in [0.1, 0.15) is 181 Å². The molecule has 0 aliphatic rings. The van der Waals surface area contributed by atoms with E-state index in [1.807, 2.05) is 20.8 Å². The average Bonchev–Trinajstić information content (AvgIpc) is 3.24. The van der Waals surface area contributed by atoms with Gasteiger partial charge in [0.2, 0.25) is 11.8 Å². The Balaban J connectivity index is 0. The molecule has 0 aliphatic carbocycles. The molecule has 16 nitrogen and oxygen atoms in total. The molecule has 0 heterocycles. The van der Waals surface area contributed by atoms with Crippen LogP contribution >= 0.6 is 0 Å². The van der Waals surface area contributed by atoms with Gasteiger partial charge in [0.25, 0.3) is 0 Å². The lowest BCUT2D eigenvalue weighted by Gasteiger charge is -2.11. The van der Waals surface area contributed by atoms with Crippen molar-refractivity contribution in [1.29, 1.82) is 0 Å². The molecule has 0 aromatic carbocycles. The zero-order chi connectivity index (χ0) is 47.2. The fourth-order valence-electron chi connectivity index (χ4n) is 6.58. The van der Waals surface area contributed by atoms with Gasteiger partial charge in [0, 0.05) is 65.0 Å². The molecule has 0 aromatic rings. The summed E-state index contributed by atoms with van der Waals surface area (Å²) < 4.78 is 20.6. The number of amides is 2. The molecule has 0 saturated carbocycles. The van der Waals surface area contributed by atoms with Crippen molar-refractivity contribution >= 4 is 41.3 Å². The molecule has 0 saturated heterocycles. The zero-order valence-electron chi connectivity index (χ0n) is 39.2. The smallest absolute Gasteiger partial charge is 0.306 e. The van der Waals surface area contributed by atoms with Crippen molar-refractivity contribution in [3.05, 3.63) is 0 Å². The number of carboxylic acids is 3. The molecule has 2 amide bonds. The van der Waals surface area contributed by atoms with Crippen LogP contribution in [0.4, 0.5) is 0 Å². The number of carboxylic acid groups (broad SMARTS) is 3. The maximum absolute atomic E-state index is 12.2. The van der Waals surface area contributed by atoms with E-state index in [-0.39, 0.29) is 68.4 Å². The van der Waals surface area contributed by atoms with E-state index in [4.69, 9.17) is 29.2 Å². The predicted molar refractivity (Wildman–Crippen MR) is 242 cm³/mol. The van der Waals surface area contributed by atoms with Gasteiger partial charge in [-0.15, -0.1) is 0 Å². The number of aliphatic carboxylic acids is 3. The van der Waals surface area contributed by atoms with Crippen molar-refractivity contribution in [2.45, 2.75) is 181 Å². The quantitative estimate of drug-likeness (QED) is 0.0368. The molecule has 0 aromatic heterocycles. The van der Waals surface area contributed by atoms with Crippen LogP contribution in [0.5, 0.6) is 0 Å². The summed E-state index contributed by atoms with van der Waals surface area (Å²) in [6, 6.07) is 0. The van der Waals surface area contributed by atoms with Gasteiger partial charge >= 0.3 is 17.9 Å². The molecule has 2 atom stereocenters. The molecule has 0 spiro atoms. The maximum Gasteiger partial charge on any atom is 0.306 e. The van der Waals surface area contributed by atoms with Gasteiger partial charge in [0.05, 0.1) is 31.7 Å². The third-order valence-corrected chi connectivity index (χ3v) is 10.4. The van der Waals surface area contributed by atoms with Crippen molar-refractivity contribution in [1.82, 2.24) is 10.6 Å². The maximum atomic E-state index is 12.2. The van der Waals surface area contributed by atoms with Gasteiger partial charge in [0.15, 0.2) is 0 Å². The lowest BCUT2D eigenvalue weighted by Crippen LogP contribution is -2.31.